The molecular weight excluding hydrogens is 254 g/mol. The van der Waals surface area contributed by atoms with E-state index in [0.717, 1.165) is 0 Å². The Kier molecular flexibility index (Phi) is 4.57. The average Bonchev–Trinajstić information content (AvgIpc) is 2.48. The maximum atomic E-state index is 10.9. The number of nitrogens with zero attached hydrogens (tertiary/aromatic N) is 2. The second-order valence-corrected chi connectivity index (χ2v) is 5.43. The van der Waals surface area contributed by atoms with Crippen LogP contribution in [-0.2, 0) is 0 Å². The third-order valence-electron chi connectivity index (χ3n) is 4.07. The first-order chi connectivity index (χ1) is 9.61. The highest BCUT2D eigenvalue weighted by atomic mass is 16.6. The summed E-state index contributed by atoms with van der Waals surface area (Å²) >= 11 is 0. The van der Waals surface area contributed by atoms with E-state index in [2.05, 4.69) is 12.2 Å². The van der Waals surface area contributed by atoms with E-state index in [9.17, 15) is 10.1 Å². The summed E-state index contributed by atoms with van der Waals surface area (Å²) in [6.07, 6.45) is 6.28. The molecule has 1 aromatic carbocycles. The van der Waals surface area contributed by atoms with E-state index in [0.29, 0.717) is 17.6 Å². The number of benzene rings is 1. The molecule has 1 N–H and O–H groups in total. The standard InChI is InChI=1S/C15H19N3O2/c1-11(12-5-3-2-4-6-12)17-14-8-7-13(10-16)15(9-14)18(19)20/h7-9,11-12,17H,2-6H2,1H3. The Hall–Kier alpha value is -2.09. The van der Waals surface area contributed by atoms with Gasteiger partial charge in [-0.2, -0.15) is 5.26 Å². The third-order valence-corrected chi connectivity index (χ3v) is 4.07. The second-order valence-electron chi connectivity index (χ2n) is 5.43. The second kappa shape index (κ2) is 6.38. The minimum Gasteiger partial charge on any atom is -0.382 e. The van der Waals surface area contributed by atoms with Gasteiger partial charge in [0.1, 0.15) is 11.6 Å². The van der Waals surface area contributed by atoms with Crippen molar-refractivity contribution in [1.82, 2.24) is 0 Å². The van der Waals surface area contributed by atoms with Crippen LogP contribution in [-0.4, -0.2) is 11.0 Å². The molecule has 1 atom stereocenters. The first kappa shape index (κ1) is 14.3. The van der Waals surface area contributed by atoms with Gasteiger partial charge in [0.2, 0.25) is 0 Å². The molecule has 1 unspecified atom stereocenters. The molecule has 20 heavy (non-hydrogen) atoms. The third kappa shape index (κ3) is 3.27. The lowest BCUT2D eigenvalue weighted by Crippen LogP contribution is -2.27. The Bertz CT molecular complexity index is 530. The molecule has 0 saturated heterocycles. The molecule has 1 aliphatic carbocycles. The summed E-state index contributed by atoms with van der Waals surface area (Å²) in [5.74, 6) is 0.624. The summed E-state index contributed by atoms with van der Waals surface area (Å²) in [6.45, 7) is 2.13. The molecule has 1 aliphatic rings. The van der Waals surface area contributed by atoms with Crippen molar-refractivity contribution in [3.05, 3.63) is 33.9 Å². The number of nitrogens with one attached hydrogen (secondary N) is 1. The fourth-order valence-corrected chi connectivity index (χ4v) is 2.88. The molecule has 0 aliphatic heterocycles. The molecule has 1 fully saturated rings. The molecule has 1 aromatic rings. The zero-order chi connectivity index (χ0) is 14.5. The van der Waals surface area contributed by atoms with Crippen molar-refractivity contribution in [2.75, 3.05) is 5.32 Å². The van der Waals surface area contributed by atoms with Crippen molar-refractivity contribution in [2.45, 2.75) is 45.1 Å². The van der Waals surface area contributed by atoms with Gasteiger partial charge in [-0.25, -0.2) is 0 Å². The van der Waals surface area contributed by atoms with Gasteiger partial charge in [0, 0.05) is 17.8 Å². The average molecular weight is 273 g/mol. The first-order valence-electron chi connectivity index (χ1n) is 7.07. The van der Waals surface area contributed by atoms with Gasteiger partial charge in [-0.05, 0) is 37.8 Å². The summed E-state index contributed by atoms with van der Waals surface area (Å²) in [7, 11) is 0. The molecule has 1 saturated carbocycles. The maximum absolute atomic E-state index is 10.9. The lowest BCUT2D eigenvalue weighted by Gasteiger charge is -2.29. The van der Waals surface area contributed by atoms with Gasteiger partial charge >= 0.3 is 0 Å². The highest BCUT2D eigenvalue weighted by Crippen LogP contribution is 2.29. The van der Waals surface area contributed by atoms with Crippen molar-refractivity contribution >= 4 is 11.4 Å². The summed E-state index contributed by atoms with van der Waals surface area (Å²) in [5, 5.41) is 23.2. The van der Waals surface area contributed by atoms with Crippen molar-refractivity contribution in [2.24, 2.45) is 5.92 Å². The number of nitriles is 1. The first-order valence-corrected chi connectivity index (χ1v) is 7.07. The van der Waals surface area contributed by atoms with E-state index in [1.54, 1.807) is 6.07 Å². The molecule has 5 nitrogen and oxygen atoms in total. The topological polar surface area (TPSA) is 79.0 Å². The van der Waals surface area contributed by atoms with E-state index in [1.807, 2.05) is 6.07 Å². The van der Waals surface area contributed by atoms with Crippen LogP contribution < -0.4 is 5.32 Å². The summed E-state index contributed by atoms with van der Waals surface area (Å²) in [5.41, 5.74) is 0.688. The molecule has 0 radical (unpaired) electrons. The summed E-state index contributed by atoms with van der Waals surface area (Å²) < 4.78 is 0. The van der Waals surface area contributed by atoms with Gasteiger partial charge in [0.15, 0.2) is 0 Å². The highest BCUT2D eigenvalue weighted by Gasteiger charge is 2.21. The fourth-order valence-electron chi connectivity index (χ4n) is 2.88. The lowest BCUT2D eigenvalue weighted by molar-refractivity contribution is -0.385. The van der Waals surface area contributed by atoms with E-state index in [-0.39, 0.29) is 11.3 Å². The van der Waals surface area contributed by atoms with Crippen LogP contribution in [0.25, 0.3) is 0 Å². The zero-order valence-corrected chi connectivity index (χ0v) is 11.6. The van der Waals surface area contributed by atoms with E-state index in [4.69, 9.17) is 5.26 Å². The number of nitro groups is 1. The quantitative estimate of drug-likeness (QED) is 0.667. The lowest BCUT2D eigenvalue weighted by atomic mass is 9.84. The van der Waals surface area contributed by atoms with Crippen LogP contribution in [0.1, 0.15) is 44.6 Å². The number of nitro benzene ring substituents is 1. The molecule has 0 amide bonds. The van der Waals surface area contributed by atoms with Crippen LogP contribution in [0.2, 0.25) is 0 Å². The fraction of sp³-hybridized carbons (Fsp3) is 0.533. The van der Waals surface area contributed by atoms with E-state index < -0.39 is 4.92 Å². The van der Waals surface area contributed by atoms with Crippen LogP contribution in [0.15, 0.2) is 18.2 Å². The predicted octanol–water partition coefficient (Wildman–Crippen LogP) is 3.85. The molecular formula is C15H19N3O2. The van der Waals surface area contributed by atoms with E-state index in [1.165, 1.54) is 44.2 Å². The van der Waals surface area contributed by atoms with Crippen molar-refractivity contribution < 1.29 is 4.92 Å². The SMILES string of the molecule is CC(Nc1ccc(C#N)c([N+](=O)[O-])c1)C1CCCCC1. The Labute approximate surface area is 118 Å². The molecule has 0 bridgehead atoms. The number of rotatable bonds is 4. The van der Waals surface area contributed by atoms with Gasteiger partial charge in [-0.1, -0.05) is 19.3 Å². The maximum Gasteiger partial charge on any atom is 0.289 e. The molecule has 106 valence electrons. The predicted molar refractivity (Wildman–Crippen MR) is 77.5 cm³/mol. The van der Waals surface area contributed by atoms with Crippen LogP contribution in [0.4, 0.5) is 11.4 Å². The monoisotopic (exact) mass is 273 g/mol. The molecule has 5 heteroatoms. The van der Waals surface area contributed by atoms with Crippen molar-refractivity contribution in [1.29, 1.82) is 5.26 Å². The van der Waals surface area contributed by atoms with Gasteiger partial charge in [-0.3, -0.25) is 10.1 Å². The van der Waals surface area contributed by atoms with E-state index >= 15 is 0 Å². The number of hydrogen-bond acceptors (Lipinski definition) is 4. The highest BCUT2D eigenvalue weighted by molar-refractivity contribution is 5.59. The Morgan fingerprint density at radius 2 is 2.10 bits per heavy atom. The van der Waals surface area contributed by atoms with Crippen LogP contribution in [0.5, 0.6) is 0 Å². The normalized spacial score (nSPS) is 17.2. The van der Waals surface area contributed by atoms with Crippen LogP contribution >= 0.6 is 0 Å². The largest absolute Gasteiger partial charge is 0.382 e. The van der Waals surface area contributed by atoms with Crippen LogP contribution in [0.3, 0.4) is 0 Å². The smallest absolute Gasteiger partial charge is 0.289 e. The minimum absolute atomic E-state index is 0.103. The molecule has 0 spiro atoms. The zero-order valence-electron chi connectivity index (χ0n) is 11.6. The van der Waals surface area contributed by atoms with Gasteiger partial charge < -0.3 is 5.32 Å². The Balaban J connectivity index is 2.11. The Morgan fingerprint density at radius 1 is 1.40 bits per heavy atom. The van der Waals surface area contributed by atoms with Gasteiger partial charge in [0.05, 0.1) is 4.92 Å². The summed E-state index contributed by atoms with van der Waals surface area (Å²) in [6, 6.07) is 6.85. The molecule has 2 rings (SSSR count). The van der Waals surface area contributed by atoms with Crippen molar-refractivity contribution in [3.63, 3.8) is 0 Å². The Morgan fingerprint density at radius 3 is 2.70 bits per heavy atom. The van der Waals surface area contributed by atoms with Crippen molar-refractivity contribution in [3.8, 4) is 6.07 Å². The summed E-state index contributed by atoms with van der Waals surface area (Å²) in [4.78, 5) is 10.4. The number of anilines is 1. The van der Waals surface area contributed by atoms with Gasteiger partial charge in [-0.15, -0.1) is 0 Å². The minimum atomic E-state index is -0.505. The van der Waals surface area contributed by atoms with Gasteiger partial charge in [0.25, 0.3) is 5.69 Å². The molecule has 0 heterocycles. The number of hydrogen-bond donors (Lipinski definition) is 1. The molecule has 0 aromatic heterocycles. The van der Waals surface area contributed by atoms with Crippen LogP contribution in [0, 0.1) is 27.4 Å².